The summed E-state index contributed by atoms with van der Waals surface area (Å²) >= 11 is 0. The summed E-state index contributed by atoms with van der Waals surface area (Å²) in [4.78, 5) is 19.0. The summed E-state index contributed by atoms with van der Waals surface area (Å²) in [7, 11) is 1.49. The van der Waals surface area contributed by atoms with Crippen LogP contribution in [0.25, 0.3) is 0 Å². The lowest BCUT2D eigenvalue weighted by molar-refractivity contribution is -0.141. The predicted octanol–water partition coefficient (Wildman–Crippen LogP) is 1.07. The van der Waals surface area contributed by atoms with Gasteiger partial charge >= 0.3 is 5.97 Å². The Kier molecular flexibility index (Phi) is 3.31. The van der Waals surface area contributed by atoms with E-state index < -0.39 is 11.5 Å². The van der Waals surface area contributed by atoms with Crippen LogP contribution in [-0.2, 0) is 4.79 Å². The number of hydrogen-bond donors (Lipinski definition) is 2. The van der Waals surface area contributed by atoms with Crippen molar-refractivity contribution >= 4 is 11.8 Å². The van der Waals surface area contributed by atoms with E-state index in [1.54, 1.807) is 26.8 Å². The standard InChI is InChI=1S/C10H15N3O3/c1-6-11-7(5-8(12-6)16-4)13-10(2,3)9(14)15/h5H,1-4H3,(H,14,15)(H,11,12,13). The van der Waals surface area contributed by atoms with Gasteiger partial charge in [0.15, 0.2) is 0 Å². The molecule has 6 heteroatoms. The van der Waals surface area contributed by atoms with Gasteiger partial charge in [-0.25, -0.2) is 9.78 Å². The minimum Gasteiger partial charge on any atom is -0.481 e. The number of nitrogens with one attached hydrogen (secondary N) is 1. The number of ether oxygens (including phenoxy) is 1. The van der Waals surface area contributed by atoms with E-state index in [-0.39, 0.29) is 0 Å². The third kappa shape index (κ3) is 2.82. The summed E-state index contributed by atoms with van der Waals surface area (Å²) in [5.41, 5.74) is -1.09. The minimum absolute atomic E-state index is 0.399. The fourth-order valence-corrected chi connectivity index (χ4v) is 1.08. The smallest absolute Gasteiger partial charge is 0.328 e. The fourth-order valence-electron chi connectivity index (χ4n) is 1.08. The molecule has 0 aromatic carbocycles. The second-order valence-electron chi connectivity index (χ2n) is 3.90. The first-order valence-electron chi connectivity index (χ1n) is 4.76. The lowest BCUT2D eigenvalue weighted by atomic mass is 10.1. The Morgan fingerprint density at radius 3 is 2.62 bits per heavy atom. The van der Waals surface area contributed by atoms with Crippen LogP contribution in [0.5, 0.6) is 5.88 Å². The Hall–Kier alpha value is -1.85. The molecule has 0 aliphatic rings. The molecule has 6 nitrogen and oxygen atoms in total. The maximum Gasteiger partial charge on any atom is 0.328 e. The third-order valence-electron chi connectivity index (χ3n) is 2.00. The highest BCUT2D eigenvalue weighted by molar-refractivity contribution is 5.81. The van der Waals surface area contributed by atoms with Crippen LogP contribution in [0.4, 0.5) is 5.82 Å². The number of aryl methyl sites for hydroxylation is 1. The summed E-state index contributed by atoms with van der Waals surface area (Å²) in [5, 5.41) is 11.8. The van der Waals surface area contributed by atoms with Crippen LogP contribution in [0, 0.1) is 6.92 Å². The van der Waals surface area contributed by atoms with Crippen molar-refractivity contribution in [3.05, 3.63) is 11.9 Å². The van der Waals surface area contributed by atoms with Crippen molar-refractivity contribution in [1.29, 1.82) is 0 Å². The number of aromatic nitrogens is 2. The summed E-state index contributed by atoms with van der Waals surface area (Å²) in [5.74, 6) is 0.388. The molecule has 0 radical (unpaired) electrons. The first-order chi connectivity index (χ1) is 7.35. The lowest BCUT2D eigenvalue weighted by Crippen LogP contribution is -2.40. The number of nitrogens with zero attached hydrogens (tertiary/aromatic N) is 2. The molecule has 1 heterocycles. The minimum atomic E-state index is -1.09. The van der Waals surface area contributed by atoms with Gasteiger partial charge in [0.25, 0.3) is 0 Å². The molecule has 0 saturated heterocycles. The quantitative estimate of drug-likeness (QED) is 0.797. The number of carboxylic acid groups (broad SMARTS) is 1. The zero-order chi connectivity index (χ0) is 12.3. The van der Waals surface area contributed by atoms with Crippen molar-refractivity contribution in [2.45, 2.75) is 26.3 Å². The van der Waals surface area contributed by atoms with Crippen LogP contribution in [0.1, 0.15) is 19.7 Å². The normalized spacial score (nSPS) is 11.0. The number of methoxy groups -OCH3 is 1. The first-order valence-corrected chi connectivity index (χ1v) is 4.76. The van der Waals surface area contributed by atoms with Crippen molar-refractivity contribution in [2.24, 2.45) is 0 Å². The van der Waals surface area contributed by atoms with Crippen molar-refractivity contribution in [3.63, 3.8) is 0 Å². The van der Waals surface area contributed by atoms with Gasteiger partial charge in [0.1, 0.15) is 17.2 Å². The second-order valence-corrected chi connectivity index (χ2v) is 3.90. The molecule has 0 spiro atoms. The van der Waals surface area contributed by atoms with E-state index >= 15 is 0 Å². The van der Waals surface area contributed by atoms with Crippen molar-refractivity contribution in [3.8, 4) is 5.88 Å². The van der Waals surface area contributed by atoms with E-state index in [2.05, 4.69) is 15.3 Å². The lowest BCUT2D eigenvalue weighted by Gasteiger charge is -2.21. The van der Waals surface area contributed by atoms with Gasteiger partial charge in [0, 0.05) is 6.07 Å². The molecule has 1 rings (SSSR count). The van der Waals surface area contributed by atoms with Gasteiger partial charge in [-0.3, -0.25) is 0 Å². The molecule has 0 aliphatic carbocycles. The van der Waals surface area contributed by atoms with Gasteiger partial charge in [0.2, 0.25) is 5.88 Å². The molecule has 1 aromatic rings. The monoisotopic (exact) mass is 225 g/mol. The Morgan fingerprint density at radius 2 is 2.12 bits per heavy atom. The molecule has 0 atom stereocenters. The van der Waals surface area contributed by atoms with Crippen molar-refractivity contribution in [1.82, 2.24) is 9.97 Å². The second kappa shape index (κ2) is 4.34. The molecule has 2 N–H and O–H groups in total. The molecule has 0 amide bonds. The van der Waals surface area contributed by atoms with Gasteiger partial charge in [-0.1, -0.05) is 0 Å². The maximum atomic E-state index is 10.9. The maximum absolute atomic E-state index is 10.9. The van der Waals surface area contributed by atoms with Gasteiger partial charge in [-0.2, -0.15) is 4.98 Å². The van der Waals surface area contributed by atoms with E-state index in [4.69, 9.17) is 9.84 Å². The topological polar surface area (TPSA) is 84.3 Å². The Balaban J connectivity index is 2.97. The van der Waals surface area contributed by atoms with Crippen LogP contribution >= 0.6 is 0 Å². The van der Waals surface area contributed by atoms with Crippen LogP contribution in [-0.4, -0.2) is 33.7 Å². The molecule has 16 heavy (non-hydrogen) atoms. The van der Waals surface area contributed by atoms with E-state index in [0.29, 0.717) is 17.5 Å². The SMILES string of the molecule is COc1cc(NC(C)(C)C(=O)O)nc(C)n1. The Morgan fingerprint density at radius 1 is 1.50 bits per heavy atom. The van der Waals surface area contributed by atoms with E-state index in [1.165, 1.54) is 7.11 Å². The predicted molar refractivity (Wildman–Crippen MR) is 58.7 cm³/mol. The zero-order valence-electron chi connectivity index (χ0n) is 9.74. The molecule has 88 valence electrons. The van der Waals surface area contributed by atoms with Crippen LogP contribution in [0.2, 0.25) is 0 Å². The van der Waals surface area contributed by atoms with Gasteiger partial charge < -0.3 is 15.2 Å². The molecular weight excluding hydrogens is 210 g/mol. The number of anilines is 1. The van der Waals surface area contributed by atoms with Crippen LogP contribution < -0.4 is 10.1 Å². The average Bonchev–Trinajstić information content (AvgIpc) is 2.15. The molecule has 0 unspecified atom stereocenters. The molecule has 0 aliphatic heterocycles. The Bertz CT molecular complexity index is 404. The first kappa shape index (κ1) is 12.2. The number of rotatable bonds is 4. The fraction of sp³-hybridized carbons (Fsp3) is 0.500. The average molecular weight is 225 g/mol. The third-order valence-corrected chi connectivity index (χ3v) is 2.00. The Labute approximate surface area is 93.7 Å². The number of carboxylic acids is 1. The summed E-state index contributed by atoms with van der Waals surface area (Å²) in [6.07, 6.45) is 0. The summed E-state index contributed by atoms with van der Waals surface area (Å²) < 4.78 is 4.97. The molecule has 0 bridgehead atoms. The highest BCUT2D eigenvalue weighted by Gasteiger charge is 2.27. The van der Waals surface area contributed by atoms with Crippen LogP contribution in [0.15, 0.2) is 6.07 Å². The van der Waals surface area contributed by atoms with E-state index in [0.717, 1.165) is 0 Å². The molecule has 1 aromatic heterocycles. The van der Waals surface area contributed by atoms with E-state index in [1.807, 2.05) is 0 Å². The molecular formula is C10H15N3O3. The number of hydrogen-bond acceptors (Lipinski definition) is 5. The van der Waals surface area contributed by atoms with Gasteiger partial charge in [-0.05, 0) is 20.8 Å². The highest BCUT2D eigenvalue weighted by atomic mass is 16.5. The largest absolute Gasteiger partial charge is 0.481 e. The van der Waals surface area contributed by atoms with E-state index in [9.17, 15) is 4.79 Å². The van der Waals surface area contributed by atoms with Gasteiger partial charge in [-0.15, -0.1) is 0 Å². The summed E-state index contributed by atoms with van der Waals surface area (Å²) in [6.45, 7) is 4.82. The number of aliphatic carboxylic acids is 1. The molecule has 0 saturated carbocycles. The molecule has 0 fully saturated rings. The summed E-state index contributed by atoms with van der Waals surface area (Å²) in [6, 6.07) is 1.55. The van der Waals surface area contributed by atoms with Crippen LogP contribution in [0.3, 0.4) is 0 Å². The zero-order valence-corrected chi connectivity index (χ0v) is 9.74. The highest BCUT2D eigenvalue weighted by Crippen LogP contribution is 2.17. The number of carbonyl (C=O) groups is 1. The van der Waals surface area contributed by atoms with Crippen molar-refractivity contribution < 1.29 is 14.6 Å². The van der Waals surface area contributed by atoms with Crippen molar-refractivity contribution in [2.75, 3.05) is 12.4 Å². The van der Waals surface area contributed by atoms with Gasteiger partial charge in [0.05, 0.1) is 7.11 Å².